The topological polar surface area (TPSA) is 17.1 Å². The van der Waals surface area contributed by atoms with Crippen molar-refractivity contribution in [2.45, 2.75) is 25.4 Å². The number of benzene rings is 1. The van der Waals surface area contributed by atoms with E-state index in [0.29, 0.717) is 0 Å². The summed E-state index contributed by atoms with van der Waals surface area (Å²) in [6.07, 6.45) is 1.99. The fraction of sp³-hybridized carbons (Fsp3) is 0.455. The van der Waals surface area contributed by atoms with Crippen molar-refractivity contribution >= 4 is 12.4 Å². The number of rotatable bonds is 1. The van der Waals surface area contributed by atoms with Gasteiger partial charge in [-0.15, -0.1) is 0 Å². The molecule has 0 spiro atoms. The van der Waals surface area contributed by atoms with Gasteiger partial charge >= 0.3 is 0 Å². The fourth-order valence-electron chi connectivity index (χ4n) is 1.91. The predicted octanol–water partition coefficient (Wildman–Crippen LogP) is 2.86. The maximum atomic E-state index is 12.5. The normalized spacial score (nSPS) is 30.9. The van der Waals surface area contributed by atoms with E-state index in [-0.39, 0.29) is 5.16 Å². The van der Waals surface area contributed by atoms with Gasteiger partial charge in [0.2, 0.25) is 0 Å². The first-order chi connectivity index (χ1) is 6.06. The van der Waals surface area contributed by atoms with Crippen LogP contribution in [0, 0.1) is 0 Å². The molecule has 1 aromatic rings. The van der Waals surface area contributed by atoms with Gasteiger partial charge in [-0.2, -0.15) is 0 Å². The van der Waals surface area contributed by atoms with Crippen LogP contribution in [0.25, 0.3) is 0 Å². The first-order valence-corrected chi connectivity index (χ1v) is 6.60. The van der Waals surface area contributed by atoms with Gasteiger partial charge in [0.25, 0.3) is 0 Å². The lowest BCUT2D eigenvalue weighted by atomic mass is 10.1. The summed E-state index contributed by atoms with van der Waals surface area (Å²) >= 11 is 0. The molecule has 0 amide bonds. The largest absolute Gasteiger partial charge is 0.318 e. The molecule has 2 rings (SSSR count). The third-order valence-corrected chi connectivity index (χ3v) is 7.35. The lowest BCUT2D eigenvalue weighted by Gasteiger charge is -2.44. The van der Waals surface area contributed by atoms with Crippen molar-refractivity contribution in [3.8, 4) is 0 Å². The van der Waals surface area contributed by atoms with E-state index in [1.807, 2.05) is 30.3 Å². The molecule has 1 aliphatic rings. The van der Waals surface area contributed by atoms with Crippen LogP contribution < -0.4 is 5.30 Å². The third kappa shape index (κ3) is 1.18. The zero-order chi connectivity index (χ0) is 9.53. The summed E-state index contributed by atoms with van der Waals surface area (Å²) < 4.78 is 12.5. The Morgan fingerprint density at radius 3 is 2.23 bits per heavy atom. The molecule has 0 saturated carbocycles. The first kappa shape index (κ1) is 9.02. The highest BCUT2D eigenvalue weighted by molar-refractivity contribution is 7.74. The highest BCUT2D eigenvalue weighted by Crippen LogP contribution is 2.67. The Morgan fingerprint density at radius 2 is 1.85 bits per heavy atom. The van der Waals surface area contributed by atoms with E-state index in [1.165, 1.54) is 0 Å². The molecule has 1 fully saturated rings. The molecule has 1 heterocycles. The van der Waals surface area contributed by atoms with E-state index < -0.39 is 7.14 Å². The van der Waals surface area contributed by atoms with Crippen molar-refractivity contribution < 1.29 is 4.57 Å². The minimum atomic E-state index is -2.05. The summed E-state index contributed by atoms with van der Waals surface area (Å²) in [7, 11) is -2.05. The van der Waals surface area contributed by atoms with Crippen LogP contribution in [0.3, 0.4) is 0 Å². The van der Waals surface area contributed by atoms with E-state index in [1.54, 1.807) is 0 Å². The minimum absolute atomic E-state index is 0.0361. The van der Waals surface area contributed by atoms with Crippen LogP contribution in [0.4, 0.5) is 0 Å². The Morgan fingerprint density at radius 1 is 1.23 bits per heavy atom. The van der Waals surface area contributed by atoms with Gasteiger partial charge in [-0.1, -0.05) is 44.2 Å². The second-order valence-corrected chi connectivity index (χ2v) is 8.01. The lowest BCUT2D eigenvalue weighted by Crippen LogP contribution is -2.38. The smallest absolute Gasteiger partial charge is 0.120 e. The number of hydrogen-bond donors (Lipinski definition) is 0. The molecule has 0 radical (unpaired) electrons. The molecule has 1 saturated heterocycles. The van der Waals surface area contributed by atoms with Gasteiger partial charge in [-0.25, -0.2) is 0 Å². The molecule has 0 aromatic heterocycles. The Kier molecular flexibility index (Phi) is 1.89. The standard InChI is InChI=1S/C11H15OP/c1-11(2)8-9-13(11,12)10-6-4-3-5-7-10/h3-7H,8-9H2,1-2H3. The Labute approximate surface area is 79.5 Å². The van der Waals surface area contributed by atoms with Crippen molar-refractivity contribution in [3.05, 3.63) is 30.3 Å². The molecule has 70 valence electrons. The monoisotopic (exact) mass is 194 g/mol. The van der Waals surface area contributed by atoms with Gasteiger partial charge in [-0.3, -0.25) is 0 Å². The van der Waals surface area contributed by atoms with Gasteiger partial charge in [0, 0.05) is 16.6 Å². The molecule has 1 unspecified atom stereocenters. The maximum Gasteiger partial charge on any atom is 0.120 e. The van der Waals surface area contributed by atoms with E-state index in [9.17, 15) is 4.57 Å². The van der Waals surface area contributed by atoms with E-state index >= 15 is 0 Å². The van der Waals surface area contributed by atoms with Crippen LogP contribution >= 0.6 is 7.14 Å². The molecular weight excluding hydrogens is 179 g/mol. The summed E-state index contributed by atoms with van der Waals surface area (Å²) in [6, 6.07) is 9.93. The summed E-state index contributed by atoms with van der Waals surface area (Å²) in [4.78, 5) is 0. The Bertz CT molecular complexity index is 354. The zero-order valence-electron chi connectivity index (χ0n) is 8.16. The van der Waals surface area contributed by atoms with Crippen molar-refractivity contribution in [2.24, 2.45) is 0 Å². The summed E-state index contributed by atoms with van der Waals surface area (Å²) in [6.45, 7) is 4.23. The van der Waals surface area contributed by atoms with Gasteiger partial charge in [0.1, 0.15) is 7.14 Å². The van der Waals surface area contributed by atoms with E-state index in [2.05, 4.69) is 13.8 Å². The average Bonchev–Trinajstić information content (AvgIpc) is 2.16. The summed E-state index contributed by atoms with van der Waals surface area (Å²) in [5.41, 5.74) is 0. The van der Waals surface area contributed by atoms with Crippen LogP contribution in [0.1, 0.15) is 20.3 Å². The first-order valence-electron chi connectivity index (χ1n) is 4.71. The average molecular weight is 194 g/mol. The van der Waals surface area contributed by atoms with Gasteiger partial charge in [-0.05, 0) is 6.42 Å². The summed E-state index contributed by atoms with van der Waals surface area (Å²) in [5, 5.41) is 1.10. The van der Waals surface area contributed by atoms with Crippen molar-refractivity contribution in [1.29, 1.82) is 0 Å². The van der Waals surface area contributed by atoms with E-state index in [4.69, 9.17) is 0 Å². The second kappa shape index (κ2) is 2.72. The van der Waals surface area contributed by atoms with Crippen LogP contribution in [0.2, 0.25) is 0 Å². The van der Waals surface area contributed by atoms with Crippen molar-refractivity contribution in [1.82, 2.24) is 0 Å². The Hall–Kier alpha value is -0.550. The van der Waals surface area contributed by atoms with Crippen molar-refractivity contribution in [3.63, 3.8) is 0 Å². The summed E-state index contributed by atoms with van der Waals surface area (Å²) in [5.74, 6) is 0. The van der Waals surface area contributed by atoms with Crippen molar-refractivity contribution in [2.75, 3.05) is 6.16 Å². The van der Waals surface area contributed by atoms with Gasteiger partial charge in [0.05, 0.1) is 0 Å². The molecule has 13 heavy (non-hydrogen) atoms. The van der Waals surface area contributed by atoms with E-state index in [0.717, 1.165) is 17.9 Å². The molecule has 1 nitrogen and oxygen atoms in total. The number of hydrogen-bond acceptors (Lipinski definition) is 1. The molecular formula is C11H15OP. The molecule has 0 bridgehead atoms. The van der Waals surface area contributed by atoms with Crippen LogP contribution in [-0.2, 0) is 4.57 Å². The second-order valence-electron chi connectivity index (χ2n) is 4.36. The molecule has 1 aliphatic heterocycles. The van der Waals surface area contributed by atoms with Gasteiger partial charge in [0.15, 0.2) is 0 Å². The highest BCUT2D eigenvalue weighted by atomic mass is 31.2. The fourth-order valence-corrected chi connectivity index (χ4v) is 5.04. The highest BCUT2D eigenvalue weighted by Gasteiger charge is 2.49. The quantitative estimate of drug-likeness (QED) is 0.628. The van der Waals surface area contributed by atoms with Crippen LogP contribution in [0.15, 0.2) is 30.3 Å². The third-order valence-electron chi connectivity index (χ3n) is 3.19. The molecule has 0 aliphatic carbocycles. The minimum Gasteiger partial charge on any atom is -0.318 e. The molecule has 1 atom stereocenters. The van der Waals surface area contributed by atoms with Gasteiger partial charge < -0.3 is 4.57 Å². The maximum absolute atomic E-state index is 12.5. The van der Waals surface area contributed by atoms with Crippen LogP contribution in [0.5, 0.6) is 0 Å². The molecule has 0 N–H and O–H groups in total. The zero-order valence-corrected chi connectivity index (χ0v) is 9.05. The van der Waals surface area contributed by atoms with Crippen LogP contribution in [-0.4, -0.2) is 11.3 Å². The molecule has 1 aromatic carbocycles. The Balaban J connectivity index is 2.43. The lowest BCUT2D eigenvalue weighted by molar-refractivity contribution is 0.502. The predicted molar refractivity (Wildman–Crippen MR) is 57.2 cm³/mol. The SMILES string of the molecule is CC1(C)CCP1(=O)c1ccccc1. The molecule has 2 heteroatoms.